The Hall–Kier alpha value is -0.830. The van der Waals surface area contributed by atoms with Crippen molar-refractivity contribution >= 4 is 23.7 Å². The SMILES string of the molecule is Cc1ccc(CNC(C)CCc2ccccc2)s1.Cl. The van der Waals surface area contributed by atoms with E-state index in [-0.39, 0.29) is 12.4 Å². The number of nitrogens with one attached hydrogen (secondary N) is 1. The average Bonchev–Trinajstić information content (AvgIpc) is 2.81. The summed E-state index contributed by atoms with van der Waals surface area (Å²) in [5.74, 6) is 0. The molecular formula is C16H22ClNS. The molecule has 2 aromatic rings. The summed E-state index contributed by atoms with van der Waals surface area (Å²) < 4.78 is 0. The topological polar surface area (TPSA) is 12.0 Å². The maximum Gasteiger partial charge on any atom is 0.0302 e. The minimum absolute atomic E-state index is 0. The number of hydrogen-bond donors (Lipinski definition) is 1. The molecule has 19 heavy (non-hydrogen) atoms. The Kier molecular flexibility index (Phi) is 7.14. The van der Waals surface area contributed by atoms with Crippen LogP contribution in [0.15, 0.2) is 42.5 Å². The summed E-state index contributed by atoms with van der Waals surface area (Å²) in [5.41, 5.74) is 1.43. The van der Waals surface area contributed by atoms with Gasteiger partial charge in [-0.25, -0.2) is 0 Å². The van der Waals surface area contributed by atoms with E-state index in [1.54, 1.807) is 0 Å². The van der Waals surface area contributed by atoms with Crippen LogP contribution in [0.3, 0.4) is 0 Å². The van der Waals surface area contributed by atoms with Crippen molar-refractivity contribution in [2.45, 2.75) is 39.3 Å². The van der Waals surface area contributed by atoms with Crippen LogP contribution in [0.1, 0.15) is 28.7 Å². The van der Waals surface area contributed by atoms with E-state index < -0.39 is 0 Å². The molecule has 0 aliphatic carbocycles. The zero-order valence-electron chi connectivity index (χ0n) is 11.6. The highest BCUT2D eigenvalue weighted by molar-refractivity contribution is 7.11. The van der Waals surface area contributed by atoms with Crippen LogP contribution in [-0.2, 0) is 13.0 Å². The standard InChI is InChI=1S/C16H21NS.ClH/c1-13(8-10-15-6-4-3-5-7-15)17-12-16-11-9-14(2)18-16;/h3-7,9,11,13,17H,8,10,12H2,1-2H3;1H. The molecule has 3 heteroatoms. The van der Waals surface area contributed by atoms with Gasteiger partial charge in [-0.2, -0.15) is 0 Å². The third-order valence-electron chi connectivity index (χ3n) is 3.13. The van der Waals surface area contributed by atoms with Crippen LogP contribution in [0.25, 0.3) is 0 Å². The van der Waals surface area contributed by atoms with Crippen molar-refractivity contribution in [1.82, 2.24) is 5.32 Å². The first-order valence-electron chi connectivity index (χ1n) is 6.56. The van der Waals surface area contributed by atoms with Gasteiger partial charge < -0.3 is 5.32 Å². The van der Waals surface area contributed by atoms with Crippen LogP contribution in [0.4, 0.5) is 0 Å². The second-order valence-corrected chi connectivity index (χ2v) is 6.19. The smallest absolute Gasteiger partial charge is 0.0302 e. The van der Waals surface area contributed by atoms with Gasteiger partial charge in [-0.15, -0.1) is 23.7 Å². The summed E-state index contributed by atoms with van der Waals surface area (Å²) in [5, 5.41) is 3.59. The maximum atomic E-state index is 3.59. The van der Waals surface area contributed by atoms with Crippen molar-refractivity contribution in [2.75, 3.05) is 0 Å². The number of rotatable bonds is 6. The molecule has 0 saturated heterocycles. The molecule has 0 radical (unpaired) electrons. The normalized spacial score (nSPS) is 11.9. The van der Waals surface area contributed by atoms with Gasteiger partial charge in [0.1, 0.15) is 0 Å². The molecule has 1 N–H and O–H groups in total. The molecule has 0 bridgehead atoms. The van der Waals surface area contributed by atoms with E-state index in [4.69, 9.17) is 0 Å². The fraction of sp³-hybridized carbons (Fsp3) is 0.375. The van der Waals surface area contributed by atoms with Gasteiger partial charge in [0.15, 0.2) is 0 Å². The molecule has 0 aliphatic rings. The van der Waals surface area contributed by atoms with Crippen LogP contribution in [0.5, 0.6) is 0 Å². The quantitative estimate of drug-likeness (QED) is 0.822. The number of aryl methyl sites for hydroxylation is 2. The molecule has 1 aromatic carbocycles. The summed E-state index contributed by atoms with van der Waals surface area (Å²) in [7, 11) is 0. The van der Waals surface area contributed by atoms with Crippen molar-refractivity contribution in [3.05, 3.63) is 57.8 Å². The van der Waals surface area contributed by atoms with E-state index in [0.29, 0.717) is 6.04 Å². The molecule has 0 fully saturated rings. The molecule has 104 valence electrons. The van der Waals surface area contributed by atoms with Crippen molar-refractivity contribution in [2.24, 2.45) is 0 Å². The molecule has 1 nitrogen and oxygen atoms in total. The summed E-state index contributed by atoms with van der Waals surface area (Å²) in [6.45, 7) is 5.42. The Balaban J connectivity index is 0.00000180. The van der Waals surface area contributed by atoms with E-state index in [9.17, 15) is 0 Å². The lowest BCUT2D eigenvalue weighted by molar-refractivity contribution is 0.517. The van der Waals surface area contributed by atoms with Gasteiger partial charge in [0, 0.05) is 22.3 Å². The van der Waals surface area contributed by atoms with Gasteiger partial charge in [-0.05, 0) is 44.4 Å². The Morgan fingerprint density at radius 3 is 2.47 bits per heavy atom. The molecular weight excluding hydrogens is 274 g/mol. The molecule has 2 rings (SSSR count). The molecule has 1 unspecified atom stereocenters. The molecule has 1 atom stereocenters. The minimum Gasteiger partial charge on any atom is -0.309 e. The maximum absolute atomic E-state index is 3.59. The van der Waals surface area contributed by atoms with Crippen LogP contribution in [0, 0.1) is 6.92 Å². The molecule has 0 amide bonds. The van der Waals surface area contributed by atoms with Gasteiger partial charge >= 0.3 is 0 Å². The van der Waals surface area contributed by atoms with E-state index >= 15 is 0 Å². The van der Waals surface area contributed by atoms with E-state index in [0.717, 1.165) is 13.0 Å². The lowest BCUT2D eigenvalue weighted by atomic mass is 10.1. The Morgan fingerprint density at radius 1 is 1.11 bits per heavy atom. The second kappa shape index (κ2) is 8.36. The Bertz CT molecular complexity index is 467. The van der Waals surface area contributed by atoms with E-state index in [2.05, 4.69) is 61.6 Å². The van der Waals surface area contributed by atoms with Crippen molar-refractivity contribution in [3.8, 4) is 0 Å². The predicted molar refractivity (Wildman–Crippen MR) is 87.4 cm³/mol. The van der Waals surface area contributed by atoms with Gasteiger partial charge in [-0.1, -0.05) is 30.3 Å². The van der Waals surface area contributed by atoms with E-state index in [1.165, 1.54) is 21.7 Å². The summed E-state index contributed by atoms with van der Waals surface area (Å²) in [4.78, 5) is 2.82. The number of thiophene rings is 1. The molecule has 0 aliphatic heterocycles. The summed E-state index contributed by atoms with van der Waals surface area (Å²) >= 11 is 1.88. The third kappa shape index (κ3) is 5.77. The van der Waals surface area contributed by atoms with Crippen molar-refractivity contribution in [3.63, 3.8) is 0 Å². The average molecular weight is 296 g/mol. The fourth-order valence-electron chi connectivity index (χ4n) is 1.98. The largest absolute Gasteiger partial charge is 0.309 e. The predicted octanol–water partition coefficient (Wildman–Crippen LogP) is 4.59. The zero-order chi connectivity index (χ0) is 12.8. The highest BCUT2D eigenvalue weighted by Gasteiger charge is 2.03. The van der Waals surface area contributed by atoms with Crippen LogP contribution >= 0.6 is 23.7 Å². The van der Waals surface area contributed by atoms with Gasteiger partial charge in [-0.3, -0.25) is 0 Å². The fourth-order valence-corrected chi connectivity index (χ4v) is 2.83. The Labute approximate surface area is 126 Å². The second-order valence-electron chi connectivity index (χ2n) is 4.82. The van der Waals surface area contributed by atoms with Crippen LogP contribution in [-0.4, -0.2) is 6.04 Å². The molecule has 1 heterocycles. The Morgan fingerprint density at radius 2 is 1.84 bits per heavy atom. The van der Waals surface area contributed by atoms with Gasteiger partial charge in [0.05, 0.1) is 0 Å². The van der Waals surface area contributed by atoms with E-state index in [1.807, 2.05) is 11.3 Å². The molecule has 0 spiro atoms. The molecule has 1 aromatic heterocycles. The lowest BCUT2D eigenvalue weighted by Gasteiger charge is -2.13. The first-order chi connectivity index (χ1) is 8.74. The van der Waals surface area contributed by atoms with Crippen molar-refractivity contribution in [1.29, 1.82) is 0 Å². The summed E-state index contributed by atoms with van der Waals surface area (Å²) in [6, 6.07) is 15.7. The first kappa shape index (κ1) is 16.2. The number of halogens is 1. The minimum atomic E-state index is 0. The number of benzene rings is 1. The molecule has 0 saturated carbocycles. The van der Waals surface area contributed by atoms with Crippen LogP contribution in [0.2, 0.25) is 0 Å². The van der Waals surface area contributed by atoms with Gasteiger partial charge in [0.2, 0.25) is 0 Å². The number of hydrogen-bond acceptors (Lipinski definition) is 2. The highest BCUT2D eigenvalue weighted by Crippen LogP contribution is 2.15. The van der Waals surface area contributed by atoms with Crippen LogP contribution < -0.4 is 5.32 Å². The van der Waals surface area contributed by atoms with Crippen molar-refractivity contribution < 1.29 is 0 Å². The highest BCUT2D eigenvalue weighted by atomic mass is 35.5. The first-order valence-corrected chi connectivity index (χ1v) is 7.38. The summed E-state index contributed by atoms with van der Waals surface area (Å²) in [6.07, 6.45) is 2.34. The monoisotopic (exact) mass is 295 g/mol. The zero-order valence-corrected chi connectivity index (χ0v) is 13.2. The van der Waals surface area contributed by atoms with Gasteiger partial charge in [0.25, 0.3) is 0 Å². The third-order valence-corrected chi connectivity index (χ3v) is 4.13. The lowest BCUT2D eigenvalue weighted by Crippen LogP contribution is -2.25.